The van der Waals surface area contributed by atoms with Gasteiger partial charge < -0.3 is 4.84 Å². The van der Waals surface area contributed by atoms with E-state index >= 15 is 0 Å². The molecule has 0 radical (unpaired) electrons. The van der Waals surface area contributed by atoms with Gasteiger partial charge in [-0.15, -0.1) is 0 Å². The quantitative estimate of drug-likeness (QED) is 0.711. The number of hydrogen-bond acceptors (Lipinski definition) is 2. The van der Waals surface area contributed by atoms with Crippen LogP contribution in [0.3, 0.4) is 0 Å². The van der Waals surface area contributed by atoms with E-state index < -0.39 is 0 Å². The number of hydrogen-bond donors (Lipinski definition) is 0. The summed E-state index contributed by atoms with van der Waals surface area (Å²) in [5.41, 5.74) is 2.18. The van der Waals surface area contributed by atoms with Crippen LogP contribution in [0.25, 0.3) is 11.4 Å². The lowest BCUT2D eigenvalue weighted by Crippen LogP contribution is -2.11. The minimum Gasteiger partial charge on any atom is -0.407 e. The highest BCUT2D eigenvalue weighted by Gasteiger charge is 2.05. The van der Waals surface area contributed by atoms with Crippen LogP contribution in [-0.2, 0) is 6.61 Å². The number of rotatable bonds is 4. The predicted molar refractivity (Wildman–Crippen MR) is 74.4 cm³/mol. The van der Waals surface area contributed by atoms with Crippen LogP contribution in [-0.4, -0.2) is 9.71 Å². The van der Waals surface area contributed by atoms with Gasteiger partial charge in [0.15, 0.2) is 5.82 Å². The molecule has 0 aliphatic carbocycles. The molecule has 19 heavy (non-hydrogen) atoms. The largest absolute Gasteiger partial charge is 0.407 e. The van der Waals surface area contributed by atoms with Gasteiger partial charge in [0.25, 0.3) is 0 Å². The minimum atomic E-state index is 0.525. The Balaban J connectivity index is 1.78. The van der Waals surface area contributed by atoms with Crippen molar-refractivity contribution in [3.63, 3.8) is 0 Å². The molecule has 0 atom stereocenters. The first-order valence-electron chi connectivity index (χ1n) is 6.19. The summed E-state index contributed by atoms with van der Waals surface area (Å²) in [6.45, 7) is 0.525. The van der Waals surface area contributed by atoms with Gasteiger partial charge in [-0.2, -0.15) is 4.73 Å². The lowest BCUT2D eigenvalue weighted by molar-refractivity contribution is 0.101. The SMILES string of the molecule is c1ccc(COn2ccnc2-c2ccccc2)cc1. The summed E-state index contributed by atoms with van der Waals surface area (Å²) in [7, 11) is 0. The summed E-state index contributed by atoms with van der Waals surface area (Å²) < 4.78 is 1.71. The fourth-order valence-electron chi connectivity index (χ4n) is 1.90. The molecule has 0 unspecified atom stereocenters. The molecule has 0 bridgehead atoms. The maximum Gasteiger partial charge on any atom is 0.175 e. The summed E-state index contributed by atoms with van der Waals surface area (Å²) in [6, 6.07) is 20.1. The molecule has 0 saturated heterocycles. The Hall–Kier alpha value is -2.55. The van der Waals surface area contributed by atoms with Gasteiger partial charge in [0.1, 0.15) is 6.61 Å². The first-order chi connectivity index (χ1) is 9.43. The van der Waals surface area contributed by atoms with Crippen LogP contribution in [0.1, 0.15) is 5.56 Å². The molecule has 0 amide bonds. The molecular weight excluding hydrogens is 236 g/mol. The number of benzene rings is 2. The topological polar surface area (TPSA) is 27.1 Å². The number of aromatic nitrogens is 2. The van der Waals surface area contributed by atoms with Crippen LogP contribution >= 0.6 is 0 Å². The fraction of sp³-hybridized carbons (Fsp3) is 0.0625. The van der Waals surface area contributed by atoms with E-state index in [1.165, 1.54) is 0 Å². The van der Waals surface area contributed by atoms with Crippen molar-refractivity contribution in [3.05, 3.63) is 78.6 Å². The average Bonchev–Trinajstić information content (AvgIpc) is 2.95. The van der Waals surface area contributed by atoms with Crippen molar-refractivity contribution in [1.29, 1.82) is 0 Å². The first-order valence-corrected chi connectivity index (χ1v) is 6.19. The third kappa shape index (κ3) is 2.65. The minimum absolute atomic E-state index is 0.525. The van der Waals surface area contributed by atoms with E-state index in [1.807, 2.05) is 66.9 Å². The van der Waals surface area contributed by atoms with E-state index in [4.69, 9.17) is 4.84 Å². The summed E-state index contributed by atoms with van der Waals surface area (Å²) >= 11 is 0. The maximum absolute atomic E-state index is 5.77. The molecule has 0 N–H and O–H groups in total. The van der Waals surface area contributed by atoms with E-state index in [0.29, 0.717) is 6.61 Å². The molecule has 94 valence electrons. The second kappa shape index (κ2) is 5.40. The molecule has 1 aromatic heterocycles. The Labute approximate surface area is 112 Å². The molecule has 3 rings (SSSR count). The molecule has 3 nitrogen and oxygen atoms in total. The van der Waals surface area contributed by atoms with Gasteiger partial charge in [-0.1, -0.05) is 60.7 Å². The lowest BCUT2D eigenvalue weighted by atomic mass is 10.2. The molecule has 0 spiro atoms. The average molecular weight is 250 g/mol. The van der Waals surface area contributed by atoms with Crippen LogP contribution in [0, 0.1) is 0 Å². The zero-order chi connectivity index (χ0) is 12.9. The zero-order valence-electron chi connectivity index (χ0n) is 10.4. The van der Waals surface area contributed by atoms with Crippen LogP contribution in [0.5, 0.6) is 0 Å². The highest BCUT2D eigenvalue weighted by Crippen LogP contribution is 2.15. The highest BCUT2D eigenvalue weighted by molar-refractivity contribution is 5.54. The molecule has 0 aliphatic heterocycles. The van der Waals surface area contributed by atoms with E-state index in [0.717, 1.165) is 17.0 Å². The zero-order valence-corrected chi connectivity index (χ0v) is 10.4. The Morgan fingerprint density at radius 2 is 1.58 bits per heavy atom. The van der Waals surface area contributed by atoms with Crippen molar-refractivity contribution in [2.24, 2.45) is 0 Å². The van der Waals surface area contributed by atoms with Crippen molar-refractivity contribution < 1.29 is 4.84 Å². The van der Waals surface area contributed by atoms with E-state index in [2.05, 4.69) is 4.98 Å². The summed E-state index contributed by atoms with van der Waals surface area (Å²) in [4.78, 5) is 10.1. The standard InChI is InChI=1S/C16H14N2O/c1-3-7-14(8-4-1)13-19-18-12-11-17-16(18)15-9-5-2-6-10-15/h1-12H,13H2. The van der Waals surface area contributed by atoms with Crippen molar-refractivity contribution in [2.75, 3.05) is 0 Å². The Morgan fingerprint density at radius 1 is 0.895 bits per heavy atom. The smallest absolute Gasteiger partial charge is 0.175 e. The van der Waals surface area contributed by atoms with Gasteiger partial charge in [-0.05, 0) is 5.56 Å². The molecule has 2 aromatic carbocycles. The number of nitrogens with zero attached hydrogens (tertiary/aromatic N) is 2. The monoisotopic (exact) mass is 250 g/mol. The van der Waals surface area contributed by atoms with Crippen LogP contribution in [0.15, 0.2) is 73.1 Å². The molecule has 3 aromatic rings. The van der Waals surface area contributed by atoms with Crippen molar-refractivity contribution in [1.82, 2.24) is 9.71 Å². The van der Waals surface area contributed by atoms with Gasteiger partial charge in [0, 0.05) is 11.8 Å². The summed E-state index contributed by atoms with van der Waals surface area (Å²) in [5, 5.41) is 0. The normalized spacial score (nSPS) is 10.3. The summed E-state index contributed by atoms with van der Waals surface area (Å²) in [5.74, 6) is 0.816. The Bertz CT molecular complexity index is 632. The van der Waals surface area contributed by atoms with Gasteiger partial charge in [0.2, 0.25) is 0 Å². The van der Waals surface area contributed by atoms with E-state index in [-0.39, 0.29) is 0 Å². The maximum atomic E-state index is 5.77. The van der Waals surface area contributed by atoms with Crippen molar-refractivity contribution >= 4 is 0 Å². The van der Waals surface area contributed by atoms with Crippen LogP contribution in [0.4, 0.5) is 0 Å². The Kier molecular flexibility index (Phi) is 3.28. The molecule has 1 heterocycles. The fourth-order valence-corrected chi connectivity index (χ4v) is 1.90. The van der Waals surface area contributed by atoms with E-state index in [1.54, 1.807) is 10.9 Å². The van der Waals surface area contributed by atoms with Crippen molar-refractivity contribution in [2.45, 2.75) is 6.61 Å². The van der Waals surface area contributed by atoms with Gasteiger partial charge in [-0.3, -0.25) is 0 Å². The third-order valence-electron chi connectivity index (χ3n) is 2.85. The second-order valence-electron chi connectivity index (χ2n) is 4.20. The first kappa shape index (κ1) is 11.5. The number of imidazole rings is 1. The van der Waals surface area contributed by atoms with Crippen molar-refractivity contribution in [3.8, 4) is 11.4 Å². The Morgan fingerprint density at radius 3 is 2.32 bits per heavy atom. The molecule has 0 fully saturated rings. The molecule has 0 saturated carbocycles. The van der Waals surface area contributed by atoms with Gasteiger partial charge in [-0.25, -0.2) is 4.98 Å². The second-order valence-corrected chi connectivity index (χ2v) is 4.20. The van der Waals surface area contributed by atoms with Gasteiger partial charge in [0.05, 0.1) is 6.20 Å². The summed E-state index contributed by atoms with van der Waals surface area (Å²) in [6.07, 6.45) is 3.57. The van der Waals surface area contributed by atoms with Gasteiger partial charge >= 0.3 is 0 Å². The molecular formula is C16H14N2O. The predicted octanol–water partition coefficient (Wildman–Crippen LogP) is 3.18. The third-order valence-corrected chi connectivity index (χ3v) is 2.85. The molecule has 3 heteroatoms. The van der Waals surface area contributed by atoms with E-state index in [9.17, 15) is 0 Å². The highest BCUT2D eigenvalue weighted by atomic mass is 16.7. The van der Waals surface area contributed by atoms with Crippen LogP contribution < -0.4 is 4.84 Å². The lowest BCUT2D eigenvalue weighted by Gasteiger charge is -2.09. The molecule has 0 aliphatic rings. The van der Waals surface area contributed by atoms with Crippen LogP contribution in [0.2, 0.25) is 0 Å².